The molecule has 18 heteroatoms. The summed E-state index contributed by atoms with van der Waals surface area (Å²) >= 11 is 0. The number of alkyl halides is 3. The molecule has 0 aromatic rings. The Bertz CT molecular complexity index is 1280. The predicted octanol–water partition coefficient (Wildman–Crippen LogP) is 11.6. The van der Waals surface area contributed by atoms with Gasteiger partial charge in [0.2, 0.25) is 0 Å². The molecular formula is C53H92F3NO14. The lowest BCUT2D eigenvalue weighted by Gasteiger charge is -2.30. The number of ether oxygens (including phenoxy) is 6. The first kappa shape index (κ1) is 67.0. The van der Waals surface area contributed by atoms with Gasteiger partial charge in [-0.1, -0.05) is 156 Å². The number of halogens is 3. The Morgan fingerprint density at radius 3 is 0.915 bits per heavy atom. The van der Waals surface area contributed by atoms with Gasteiger partial charge in [-0.25, -0.2) is 4.79 Å². The van der Waals surface area contributed by atoms with Crippen LogP contribution in [0.2, 0.25) is 0 Å². The molecule has 1 fully saturated rings. The molecular weight excluding hydrogens is 932 g/mol. The van der Waals surface area contributed by atoms with Gasteiger partial charge in [-0.05, 0) is 25.7 Å². The van der Waals surface area contributed by atoms with Crippen LogP contribution in [0, 0.1) is 11.8 Å². The van der Waals surface area contributed by atoms with Crippen LogP contribution in [0.5, 0.6) is 0 Å². The molecule has 2 N–H and O–H groups in total. The number of nitrogens with one attached hydrogen (secondary N) is 1. The fourth-order valence-electron chi connectivity index (χ4n) is 7.65. The lowest BCUT2D eigenvalue weighted by Crippen LogP contribution is -2.46. The van der Waals surface area contributed by atoms with Crippen molar-refractivity contribution >= 4 is 41.8 Å². The van der Waals surface area contributed by atoms with Crippen LogP contribution in [0.4, 0.5) is 13.2 Å². The number of rotatable bonds is 42. The van der Waals surface area contributed by atoms with Gasteiger partial charge in [0.25, 0.3) is 0 Å². The van der Waals surface area contributed by atoms with Crippen LogP contribution in [0.15, 0.2) is 0 Å². The smallest absolute Gasteiger partial charge is 0.475 e. The van der Waals surface area contributed by atoms with Gasteiger partial charge in [0, 0.05) is 57.0 Å². The average molecular weight is 1020 g/mol. The highest BCUT2D eigenvalue weighted by atomic mass is 19.4. The zero-order valence-corrected chi connectivity index (χ0v) is 43.9. The molecule has 0 bridgehead atoms. The van der Waals surface area contributed by atoms with Crippen LogP contribution in [-0.2, 0) is 62.0 Å². The van der Waals surface area contributed by atoms with E-state index in [1.54, 1.807) is 0 Å². The van der Waals surface area contributed by atoms with Gasteiger partial charge in [-0.2, -0.15) is 13.2 Å². The molecule has 414 valence electrons. The number of aliphatic carboxylic acids is 1. The number of carbonyl (C=O) groups is 7. The van der Waals surface area contributed by atoms with Crippen molar-refractivity contribution in [3.8, 4) is 0 Å². The highest BCUT2D eigenvalue weighted by Gasteiger charge is 2.38. The van der Waals surface area contributed by atoms with Gasteiger partial charge in [-0.3, -0.25) is 28.8 Å². The van der Waals surface area contributed by atoms with Crippen molar-refractivity contribution in [2.45, 2.75) is 245 Å². The summed E-state index contributed by atoms with van der Waals surface area (Å²) in [4.78, 5) is 85.7. The molecule has 1 heterocycles. The lowest BCUT2D eigenvalue weighted by atomic mass is 10.1. The summed E-state index contributed by atoms with van der Waals surface area (Å²) < 4.78 is 65.6. The summed E-state index contributed by atoms with van der Waals surface area (Å²) in [6.07, 6.45) is 20.0. The third kappa shape index (κ3) is 42.3. The molecule has 0 amide bonds. The summed E-state index contributed by atoms with van der Waals surface area (Å²) in [6.45, 7) is 9.09. The van der Waals surface area contributed by atoms with E-state index < -0.39 is 48.1 Å². The second kappa shape index (κ2) is 44.7. The van der Waals surface area contributed by atoms with E-state index >= 15 is 0 Å². The number of unbranched alkanes of at least 4 members (excludes halogenated alkanes) is 20. The minimum atomic E-state index is -5.08. The fraction of sp³-hybridized carbons (Fsp3) is 0.868. The Morgan fingerprint density at radius 2 is 0.676 bits per heavy atom. The molecule has 0 aromatic heterocycles. The molecule has 2 atom stereocenters. The number of hydrogen-bond donors (Lipinski definition) is 2. The third-order valence-electron chi connectivity index (χ3n) is 11.9. The van der Waals surface area contributed by atoms with E-state index in [0.717, 1.165) is 128 Å². The van der Waals surface area contributed by atoms with Gasteiger partial charge in [0.05, 0.1) is 39.3 Å². The molecule has 1 aliphatic heterocycles. The summed E-state index contributed by atoms with van der Waals surface area (Å²) in [5.41, 5.74) is 0. The lowest BCUT2D eigenvalue weighted by molar-refractivity contribution is -0.192. The van der Waals surface area contributed by atoms with Crippen LogP contribution in [0.1, 0.15) is 227 Å². The first-order valence-electron chi connectivity index (χ1n) is 27.1. The zero-order valence-electron chi connectivity index (χ0n) is 43.9. The molecule has 1 rings (SSSR count). The maximum absolute atomic E-state index is 13.3. The highest BCUT2D eigenvalue weighted by Crippen LogP contribution is 2.19. The first-order chi connectivity index (χ1) is 34.0. The Kier molecular flexibility index (Phi) is 42.2. The van der Waals surface area contributed by atoms with Crippen molar-refractivity contribution in [3.63, 3.8) is 0 Å². The summed E-state index contributed by atoms with van der Waals surface area (Å²) in [5, 5.41) is 10.3. The van der Waals surface area contributed by atoms with Crippen LogP contribution in [-0.4, -0.2) is 105 Å². The maximum Gasteiger partial charge on any atom is 0.490 e. The maximum atomic E-state index is 13.3. The second-order valence-corrected chi connectivity index (χ2v) is 18.9. The Morgan fingerprint density at radius 1 is 0.437 bits per heavy atom. The number of esters is 6. The first-order valence-corrected chi connectivity index (χ1v) is 27.1. The second-order valence-electron chi connectivity index (χ2n) is 18.9. The number of carboxylic acid groups (broad SMARTS) is 1. The minimum Gasteiger partial charge on any atom is -0.475 e. The monoisotopic (exact) mass is 1020 g/mol. The van der Waals surface area contributed by atoms with Crippen molar-refractivity contribution in [1.82, 2.24) is 5.32 Å². The Hall–Kier alpha value is -3.96. The van der Waals surface area contributed by atoms with Crippen LogP contribution in [0.25, 0.3) is 0 Å². The highest BCUT2D eigenvalue weighted by molar-refractivity contribution is 5.73. The Labute approximate surface area is 422 Å². The number of carboxylic acids is 1. The van der Waals surface area contributed by atoms with E-state index in [2.05, 4.69) is 33.0 Å². The number of carbonyl (C=O) groups excluding carboxylic acids is 6. The third-order valence-corrected chi connectivity index (χ3v) is 11.9. The van der Waals surface area contributed by atoms with Gasteiger partial charge >= 0.3 is 48.0 Å². The summed E-state index contributed by atoms with van der Waals surface area (Å²) in [6, 6.07) is 0. The standard InChI is InChI=1S/C51H91NO12.C2HF3O2/c1-5-9-13-17-21-25-29-46(53)59-38-42(39-60-47(54)30-26-22-18-14-10-6-2)33-50(57)63-44-35-45(37-52-36-44)64-51(58)34-43(40-61-48(55)31-27-23-19-15-11-7-3)41-62-49(56)32-28-24-20-16-12-8-4;3-2(4,5)1(6)7/h42-45,52H,5-41H2,1-4H3;(H,6,7)/t44-,45+;. The van der Waals surface area contributed by atoms with Gasteiger partial charge < -0.3 is 38.8 Å². The van der Waals surface area contributed by atoms with Crippen LogP contribution in [0.3, 0.4) is 0 Å². The fourth-order valence-corrected chi connectivity index (χ4v) is 7.65. The van der Waals surface area contributed by atoms with Crippen molar-refractivity contribution in [2.24, 2.45) is 11.8 Å². The quantitative estimate of drug-likeness (QED) is 0.0331. The largest absolute Gasteiger partial charge is 0.490 e. The van der Waals surface area contributed by atoms with E-state index in [0.29, 0.717) is 38.8 Å². The van der Waals surface area contributed by atoms with E-state index in [9.17, 15) is 41.9 Å². The molecule has 0 saturated carbocycles. The van der Waals surface area contributed by atoms with E-state index in [1.165, 1.54) is 25.7 Å². The van der Waals surface area contributed by atoms with E-state index in [1.807, 2.05) is 0 Å². The predicted molar refractivity (Wildman–Crippen MR) is 263 cm³/mol. The molecule has 15 nitrogen and oxygen atoms in total. The van der Waals surface area contributed by atoms with Crippen molar-refractivity contribution in [2.75, 3.05) is 39.5 Å². The average Bonchev–Trinajstić information content (AvgIpc) is 3.32. The van der Waals surface area contributed by atoms with Gasteiger partial charge in [0.15, 0.2) is 0 Å². The molecule has 0 spiro atoms. The molecule has 0 radical (unpaired) electrons. The van der Waals surface area contributed by atoms with E-state index in [4.69, 9.17) is 38.3 Å². The molecule has 1 saturated heterocycles. The number of hydrogen-bond acceptors (Lipinski definition) is 14. The van der Waals surface area contributed by atoms with Gasteiger partial charge in [0.1, 0.15) is 12.2 Å². The molecule has 0 aliphatic carbocycles. The molecule has 0 aromatic carbocycles. The molecule has 0 unspecified atom stereocenters. The van der Waals surface area contributed by atoms with Crippen LogP contribution < -0.4 is 5.32 Å². The normalized spacial score (nSPS) is 14.5. The molecule has 71 heavy (non-hydrogen) atoms. The van der Waals surface area contributed by atoms with Crippen molar-refractivity contribution in [3.05, 3.63) is 0 Å². The summed E-state index contributed by atoms with van der Waals surface area (Å²) in [7, 11) is 0. The summed E-state index contributed by atoms with van der Waals surface area (Å²) in [5.74, 6) is -6.33. The van der Waals surface area contributed by atoms with E-state index in [-0.39, 0.29) is 69.6 Å². The number of piperidine rings is 1. The van der Waals surface area contributed by atoms with Crippen molar-refractivity contribution < 1.29 is 80.3 Å². The Balaban J connectivity index is 0.00000647. The zero-order chi connectivity index (χ0) is 53.0. The topological polar surface area (TPSA) is 207 Å². The van der Waals surface area contributed by atoms with Crippen LogP contribution >= 0.6 is 0 Å². The van der Waals surface area contributed by atoms with Crippen molar-refractivity contribution in [1.29, 1.82) is 0 Å². The molecule has 1 aliphatic rings. The minimum absolute atomic E-state index is 0.0683. The SMILES string of the molecule is CCCCCCCCC(=O)OCC(COC(=O)CCCCCCCC)CC(=O)O[C@@H]1CNC[C@H](OC(=O)CC(COC(=O)CCCCCCCC)COC(=O)CCCCCCCC)C1.O=C(O)C(F)(F)F. The van der Waals surface area contributed by atoms with Gasteiger partial charge in [-0.15, -0.1) is 0 Å².